The number of amides is 2. The molecule has 17 heavy (non-hydrogen) atoms. The van der Waals surface area contributed by atoms with Crippen molar-refractivity contribution in [3.8, 4) is 0 Å². The Labute approximate surface area is 105 Å². The summed E-state index contributed by atoms with van der Waals surface area (Å²) in [7, 11) is 0. The van der Waals surface area contributed by atoms with Gasteiger partial charge in [0.25, 0.3) is 0 Å². The van der Waals surface area contributed by atoms with Gasteiger partial charge in [0.2, 0.25) is 0 Å². The normalized spacial score (nSPS) is 16.3. The lowest BCUT2D eigenvalue weighted by Crippen LogP contribution is -2.37. The number of para-hydroxylation sites is 1. The van der Waals surface area contributed by atoms with Gasteiger partial charge in [-0.2, -0.15) is 0 Å². The lowest BCUT2D eigenvalue weighted by molar-refractivity contribution is -0.139. The topological polar surface area (TPSA) is 40.6 Å². The Morgan fingerprint density at radius 2 is 1.65 bits per heavy atom. The van der Waals surface area contributed by atoms with E-state index in [1.54, 1.807) is 24.3 Å². The molecule has 1 aromatic carbocycles. The minimum atomic E-state index is -0.588. The molecule has 2 amide bonds. The van der Waals surface area contributed by atoms with Gasteiger partial charge >= 0.3 is 11.8 Å². The molecule has 0 spiro atoms. The van der Waals surface area contributed by atoms with E-state index in [-0.39, 0.29) is 11.2 Å². The zero-order valence-electron chi connectivity index (χ0n) is 9.58. The molecule has 1 fully saturated rings. The first kappa shape index (κ1) is 11.7. The third kappa shape index (κ3) is 1.82. The monoisotopic (exact) mass is 248 g/mol. The lowest BCUT2D eigenvalue weighted by Gasteiger charge is -2.21. The summed E-state index contributed by atoms with van der Waals surface area (Å²) >= 11 is 5.18. The number of carbonyl (C=O) groups is 2. The summed E-state index contributed by atoms with van der Waals surface area (Å²) in [6.07, 6.45) is 0. The van der Waals surface area contributed by atoms with Crippen LogP contribution >= 0.6 is 12.2 Å². The van der Waals surface area contributed by atoms with Crippen LogP contribution in [0.3, 0.4) is 0 Å². The number of anilines is 1. The molecule has 5 heteroatoms. The molecule has 88 valence electrons. The minimum Gasteiger partial charge on any atom is -0.278 e. The SMILES string of the molecule is CC(C)N1C(=O)C(=O)N(c2ccccc2)C1=S. The highest BCUT2D eigenvalue weighted by Gasteiger charge is 2.43. The molecule has 1 aliphatic rings. The van der Waals surface area contributed by atoms with Crippen LogP contribution in [0, 0.1) is 0 Å². The summed E-state index contributed by atoms with van der Waals surface area (Å²) in [5, 5.41) is 0.251. The molecule has 0 aromatic heterocycles. The van der Waals surface area contributed by atoms with E-state index < -0.39 is 11.8 Å². The minimum absolute atomic E-state index is 0.118. The lowest BCUT2D eigenvalue weighted by atomic mass is 10.3. The van der Waals surface area contributed by atoms with Gasteiger partial charge in [0, 0.05) is 6.04 Å². The average Bonchev–Trinajstić information content (AvgIpc) is 2.51. The number of nitrogens with zero attached hydrogens (tertiary/aromatic N) is 2. The summed E-state index contributed by atoms with van der Waals surface area (Å²) in [5.74, 6) is -1.15. The van der Waals surface area contributed by atoms with Crippen molar-refractivity contribution >= 4 is 34.8 Å². The van der Waals surface area contributed by atoms with Gasteiger partial charge in [-0.1, -0.05) is 18.2 Å². The highest BCUT2D eigenvalue weighted by atomic mass is 32.1. The maximum absolute atomic E-state index is 11.9. The van der Waals surface area contributed by atoms with E-state index in [9.17, 15) is 9.59 Å². The van der Waals surface area contributed by atoms with Crippen LogP contribution < -0.4 is 4.90 Å². The van der Waals surface area contributed by atoms with Crippen molar-refractivity contribution in [2.75, 3.05) is 4.90 Å². The summed E-state index contributed by atoms with van der Waals surface area (Å²) in [4.78, 5) is 26.3. The van der Waals surface area contributed by atoms with Crippen molar-refractivity contribution in [2.24, 2.45) is 0 Å². The smallest absolute Gasteiger partial charge is 0.278 e. The number of carbonyl (C=O) groups excluding carboxylic acids is 2. The Kier molecular flexibility index (Phi) is 2.93. The molecule has 0 N–H and O–H groups in total. The van der Waals surface area contributed by atoms with Crippen LogP contribution in [0.25, 0.3) is 0 Å². The number of thiocarbonyl (C=S) groups is 1. The first-order valence-corrected chi connectivity index (χ1v) is 5.71. The predicted molar refractivity (Wildman–Crippen MR) is 68.5 cm³/mol. The van der Waals surface area contributed by atoms with Gasteiger partial charge in [-0.3, -0.25) is 14.5 Å². The van der Waals surface area contributed by atoms with Crippen LogP contribution in [0.2, 0.25) is 0 Å². The van der Waals surface area contributed by atoms with Crippen LogP contribution in [0.5, 0.6) is 0 Å². The zero-order chi connectivity index (χ0) is 12.6. The fourth-order valence-electron chi connectivity index (χ4n) is 1.74. The summed E-state index contributed by atoms with van der Waals surface area (Å²) in [6.45, 7) is 3.65. The highest BCUT2D eigenvalue weighted by Crippen LogP contribution is 2.23. The van der Waals surface area contributed by atoms with Crippen LogP contribution in [0.1, 0.15) is 13.8 Å². The van der Waals surface area contributed by atoms with Gasteiger partial charge in [-0.15, -0.1) is 0 Å². The molecule has 0 bridgehead atoms. The van der Waals surface area contributed by atoms with E-state index in [4.69, 9.17) is 12.2 Å². The third-order valence-electron chi connectivity index (χ3n) is 2.53. The standard InChI is InChI=1S/C12H12N2O2S/c1-8(2)13-10(15)11(16)14(12(13)17)9-6-4-3-5-7-9/h3-8H,1-2H3. The van der Waals surface area contributed by atoms with Gasteiger partial charge in [0.15, 0.2) is 5.11 Å². The summed E-state index contributed by atoms with van der Waals surface area (Å²) < 4.78 is 0. The zero-order valence-corrected chi connectivity index (χ0v) is 10.4. The Balaban J connectivity index is 2.41. The van der Waals surface area contributed by atoms with Crippen molar-refractivity contribution in [3.05, 3.63) is 30.3 Å². The largest absolute Gasteiger partial charge is 0.323 e. The van der Waals surface area contributed by atoms with E-state index in [1.165, 1.54) is 9.80 Å². The number of benzene rings is 1. The van der Waals surface area contributed by atoms with E-state index >= 15 is 0 Å². The molecule has 4 nitrogen and oxygen atoms in total. The Hall–Kier alpha value is -1.75. The molecule has 0 saturated carbocycles. The van der Waals surface area contributed by atoms with Crippen LogP contribution in [-0.2, 0) is 9.59 Å². The molecule has 1 saturated heterocycles. The molecule has 1 aliphatic heterocycles. The molecule has 1 heterocycles. The fraction of sp³-hybridized carbons (Fsp3) is 0.250. The van der Waals surface area contributed by atoms with Crippen LogP contribution in [-0.4, -0.2) is 27.9 Å². The fourth-order valence-corrected chi connectivity index (χ4v) is 2.22. The van der Waals surface area contributed by atoms with Crippen molar-refractivity contribution in [2.45, 2.75) is 19.9 Å². The van der Waals surface area contributed by atoms with E-state index in [0.717, 1.165) is 0 Å². The maximum Gasteiger partial charge on any atom is 0.323 e. The summed E-state index contributed by atoms with van der Waals surface area (Å²) in [6, 6.07) is 8.83. The van der Waals surface area contributed by atoms with E-state index in [0.29, 0.717) is 5.69 Å². The number of rotatable bonds is 2. The van der Waals surface area contributed by atoms with Gasteiger partial charge in [0.1, 0.15) is 0 Å². The summed E-state index contributed by atoms with van der Waals surface area (Å²) in [5.41, 5.74) is 0.624. The average molecular weight is 248 g/mol. The van der Waals surface area contributed by atoms with Crippen molar-refractivity contribution in [1.29, 1.82) is 0 Å². The van der Waals surface area contributed by atoms with Crippen molar-refractivity contribution in [3.63, 3.8) is 0 Å². The first-order valence-electron chi connectivity index (χ1n) is 5.30. The first-order chi connectivity index (χ1) is 8.04. The predicted octanol–water partition coefficient (Wildman–Crippen LogP) is 1.56. The molecular formula is C12H12N2O2S. The Bertz CT molecular complexity index is 485. The second-order valence-electron chi connectivity index (χ2n) is 4.03. The van der Waals surface area contributed by atoms with E-state index in [2.05, 4.69) is 0 Å². The van der Waals surface area contributed by atoms with E-state index in [1.807, 2.05) is 19.9 Å². The Morgan fingerprint density at radius 1 is 1.06 bits per heavy atom. The van der Waals surface area contributed by atoms with Crippen molar-refractivity contribution in [1.82, 2.24) is 4.90 Å². The van der Waals surface area contributed by atoms with Gasteiger partial charge < -0.3 is 0 Å². The van der Waals surface area contributed by atoms with Crippen molar-refractivity contribution < 1.29 is 9.59 Å². The van der Waals surface area contributed by atoms with Crippen LogP contribution in [0.15, 0.2) is 30.3 Å². The van der Waals surface area contributed by atoms with Gasteiger partial charge in [0.05, 0.1) is 5.69 Å². The molecule has 2 rings (SSSR count). The third-order valence-corrected chi connectivity index (χ3v) is 2.91. The molecule has 0 aliphatic carbocycles. The van der Waals surface area contributed by atoms with Gasteiger partial charge in [-0.25, -0.2) is 4.90 Å². The van der Waals surface area contributed by atoms with Crippen LogP contribution in [0.4, 0.5) is 5.69 Å². The molecule has 0 radical (unpaired) electrons. The molecule has 0 unspecified atom stereocenters. The maximum atomic E-state index is 11.9. The second kappa shape index (κ2) is 4.25. The molecular weight excluding hydrogens is 236 g/mol. The number of hydrogen-bond acceptors (Lipinski definition) is 3. The second-order valence-corrected chi connectivity index (χ2v) is 4.39. The molecule has 1 aromatic rings. The van der Waals surface area contributed by atoms with Gasteiger partial charge in [-0.05, 0) is 38.2 Å². The molecule has 0 atom stereocenters. The Morgan fingerprint density at radius 3 is 2.12 bits per heavy atom. The quantitative estimate of drug-likeness (QED) is 0.589. The number of hydrogen-bond donors (Lipinski definition) is 0. The highest BCUT2D eigenvalue weighted by molar-refractivity contribution is 7.80.